The standard InChI is InChI=1S/C24H20ClN5O/c25-23-16(11-14-5-1-2-7-18(14)29-23)21-17(12-26)24(27)30(15-6-4-10-28-13-15)19-8-3-9-20(31)22(19)21/h1-2,4-7,10-11,13,17,21,24H,3,8-9,27H2. The molecule has 2 aromatic heterocycles. The molecule has 31 heavy (non-hydrogen) atoms. The Morgan fingerprint density at radius 1 is 1.19 bits per heavy atom. The Kier molecular flexibility index (Phi) is 4.93. The summed E-state index contributed by atoms with van der Waals surface area (Å²) in [5, 5.41) is 11.4. The first-order valence-corrected chi connectivity index (χ1v) is 10.6. The van der Waals surface area contributed by atoms with E-state index in [1.165, 1.54) is 0 Å². The molecule has 0 saturated carbocycles. The molecule has 3 atom stereocenters. The second kappa shape index (κ2) is 7.77. The molecule has 0 spiro atoms. The second-order valence-electron chi connectivity index (χ2n) is 7.90. The summed E-state index contributed by atoms with van der Waals surface area (Å²) in [4.78, 5) is 23.9. The van der Waals surface area contributed by atoms with Crippen LogP contribution in [0.1, 0.15) is 30.7 Å². The fourth-order valence-electron chi connectivity index (χ4n) is 4.82. The molecule has 0 amide bonds. The Balaban J connectivity index is 1.76. The maximum Gasteiger partial charge on any atom is 0.161 e. The number of aromatic nitrogens is 2. The first-order valence-electron chi connectivity index (χ1n) is 10.3. The number of rotatable bonds is 2. The number of hydrogen-bond acceptors (Lipinski definition) is 6. The molecule has 0 fully saturated rings. The number of pyridine rings is 2. The van der Waals surface area contributed by atoms with Gasteiger partial charge in [-0.25, -0.2) is 4.98 Å². The molecule has 0 saturated heterocycles. The lowest BCUT2D eigenvalue weighted by molar-refractivity contribution is -0.116. The molecule has 1 aromatic carbocycles. The zero-order chi connectivity index (χ0) is 21.5. The minimum atomic E-state index is -0.679. The Labute approximate surface area is 185 Å². The second-order valence-corrected chi connectivity index (χ2v) is 8.26. The van der Waals surface area contributed by atoms with Gasteiger partial charge in [0.1, 0.15) is 5.15 Å². The fraction of sp³-hybridized carbons (Fsp3) is 0.250. The van der Waals surface area contributed by atoms with Crippen LogP contribution in [0.15, 0.2) is 66.1 Å². The van der Waals surface area contributed by atoms with Crippen molar-refractivity contribution in [2.24, 2.45) is 11.7 Å². The van der Waals surface area contributed by atoms with Crippen molar-refractivity contribution in [3.8, 4) is 6.07 Å². The van der Waals surface area contributed by atoms with Crippen molar-refractivity contribution in [3.05, 3.63) is 76.8 Å². The highest BCUT2D eigenvalue weighted by Gasteiger charge is 2.46. The predicted octanol–water partition coefficient (Wildman–Crippen LogP) is 4.32. The summed E-state index contributed by atoms with van der Waals surface area (Å²) < 4.78 is 0. The first-order chi connectivity index (χ1) is 15.1. The van der Waals surface area contributed by atoms with Crippen LogP contribution in [-0.2, 0) is 4.79 Å². The lowest BCUT2D eigenvalue weighted by atomic mass is 9.71. The van der Waals surface area contributed by atoms with E-state index in [1.54, 1.807) is 12.4 Å². The minimum Gasteiger partial charge on any atom is -0.326 e. The van der Waals surface area contributed by atoms with Gasteiger partial charge in [-0.3, -0.25) is 9.78 Å². The van der Waals surface area contributed by atoms with Gasteiger partial charge < -0.3 is 10.6 Å². The van der Waals surface area contributed by atoms with E-state index >= 15 is 0 Å². The molecule has 3 unspecified atom stereocenters. The van der Waals surface area contributed by atoms with E-state index in [0.717, 1.165) is 28.7 Å². The number of para-hydroxylation sites is 1. The number of benzene rings is 1. The van der Waals surface area contributed by atoms with Gasteiger partial charge in [0.2, 0.25) is 0 Å². The normalized spacial score (nSPS) is 23.6. The Hall–Kier alpha value is -3.27. The van der Waals surface area contributed by atoms with Gasteiger partial charge >= 0.3 is 0 Å². The number of hydrogen-bond donors (Lipinski definition) is 1. The summed E-state index contributed by atoms with van der Waals surface area (Å²) in [6.07, 6.45) is 4.65. The molecule has 3 heterocycles. The molecule has 2 aliphatic rings. The van der Waals surface area contributed by atoms with Gasteiger partial charge in [-0.1, -0.05) is 29.8 Å². The van der Waals surface area contributed by atoms with E-state index in [1.807, 2.05) is 47.4 Å². The van der Waals surface area contributed by atoms with Crippen LogP contribution in [0.5, 0.6) is 0 Å². The molecule has 7 heteroatoms. The van der Waals surface area contributed by atoms with Crippen molar-refractivity contribution in [1.82, 2.24) is 9.97 Å². The summed E-state index contributed by atoms with van der Waals surface area (Å²) in [5.41, 5.74) is 10.4. The number of nitriles is 1. The molecule has 3 aromatic rings. The van der Waals surface area contributed by atoms with Crippen molar-refractivity contribution < 1.29 is 4.79 Å². The highest BCUT2D eigenvalue weighted by atomic mass is 35.5. The number of Topliss-reactive ketones (excluding diaryl/α,β-unsaturated/α-hetero) is 1. The third-order valence-electron chi connectivity index (χ3n) is 6.17. The largest absolute Gasteiger partial charge is 0.326 e. The zero-order valence-corrected chi connectivity index (χ0v) is 17.5. The molecule has 1 aliphatic heterocycles. The fourth-order valence-corrected chi connectivity index (χ4v) is 5.08. The van der Waals surface area contributed by atoms with Crippen LogP contribution < -0.4 is 10.6 Å². The topological polar surface area (TPSA) is 95.9 Å². The van der Waals surface area contributed by atoms with Crippen molar-refractivity contribution in [1.29, 1.82) is 5.26 Å². The third-order valence-corrected chi connectivity index (χ3v) is 6.47. The van der Waals surface area contributed by atoms with Crippen LogP contribution in [0.3, 0.4) is 0 Å². The molecule has 1 aliphatic carbocycles. The SMILES string of the molecule is N#CC1C(c2cc3ccccc3nc2Cl)C2=C(CCCC2=O)N(c2cccnc2)C1N. The van der Waals surface area contributed by atoms with Gasteiger partial charge in [-0.2, -0.15) is 5.26 Å². The van der Waals surface area contributed by atoms with Crippen molar-refractivity contribution in [2.45, 2.75) is 31.3 Å². The van der Waals surface area contributed by atoms with E-state index in [2.05, 4.69) is 16.0 Å². The van der Waals surface area contributed by atoms with Crippen LogP contribution in [0.4, 0.5) is 5.69 Å². The summed E-state index contributed by atoms with van der Waals surface area (Å²) in [5.74, 6) is -1.17. The third kappa shape index (κ3) is 3.18. The van der Waals surface area contributed by atoms with Crippen molar-refractivity contribution in [2.75, 3.05) is 4.90 Å². The first kappa shape index (κ1) is 19.7. The van der Waals surface area contributed by atoms with Crippen molar-refractivity contribution >= 4 is 34.0 Å². The van der Waals surface area contributed by atoms with Gasteiger partial charge in [0, 0.05) is 35.2 Å². The average molecular weight is 430 g/mol. The maximum atomic E-state index is 13.2. The Bertz CT molecular complexity index is 1250. The molecule has 0 bridgehead atoms. The van der Waals surface area contributed by atoms with Crippen LogP contribution >= 0.6 is 11.6 Å². The van der Waals surface area contributed by atoms with Gasteiger partial charge in [-0.15, -0.1) is 0 Å². The number of anilines is 1. The number of nitrogens with zero attached hydrogens (tertiary/aromatic N) is 4. The predicted molar refractivity (Wildman–Crippen MR) is 119 cm³/mol. The minimum absolute atomic E-state index is 0.0384. The number of carbonyl (C=O) groups is 1. The number of fused-ring (bicyclic) bond motifs is 1. The molecule has 2 N–H and O–H groups in total. The quantitative estimate of drug-likeness (QED) is 0.609. The van der Waals surface area contributed by atoms with Gasteiger partial charge in [0.15, 0.2) is 5.78 Å². The number of carbonyl (C=O) groups excluding carboxylic acids is 1. The maximum absolute atomic E-state index is 13.2. The highest BCUT2D eigenvalue weighted by molar-refractivity contribution is 6.30. The zero-order valence-electron chi connectivity index (χ0n) is 16.7. The van der Waals surface area contributed by atoms with Crippen molar-refractivity contribution in [3.63, 3.8) is 0 Å². The van der Waals surface area contributed by atoms with Crippen LogP contribution in [-0.4, -0.2) is 21.9 Å². The van der Waals surface area contributed by atoms with Gasteiger partial charge in [-0.05, 0) is 42.7 Å². The van der Waals surface area contributed by atoms with E-state index in [9.17, 15) is 10.1 Å². The lowest BCUT2D eigenvalue weighted by Gasteiger charge is -2.46. The molecule has 5 rings (SSSR count). The van der Waals surface area contributed by atoms with E-state index in [-0.39, 0.29) is 5.78 Å². The van der Waals surface area contributed by atoms with E-state index in [4.69, 9.17) is 17.3 Å². The van der Waals surface area contributed by atoms with Crippen LogP contribution in [0.25, 0.3) is 10.9 Å². The summed E-state index contributed by atoms with van der Waals surface area (Å²) in [7, 11) is 0. The molecular formula is C24H20ClN5O. The number of halogens is 1. The van der Waals surface area contributed by atoms with Gasteiger partial charge in [0.05, 0.1) is 35.6 Å². The van der Waals surface area contributed by atoms with E-state index < -0.39 is 18.0 Å². The summed E-state index contributed by atoms with van der Waals surface area (Å²) in [6.45, 7) is 0. The Morgan fingerprint density at radius 2 is 2.03 bits per heavy atom. The summed E-state index contributed by atoms with van der Waals surface area (Å²) in [6, 6.07) is 15.7. The molecule has 6 nitrogen and oxygen atoms in total. The van der Waals surface area contributed by atoms with Crippen LogP contribution in [0, 0.1) is 17.2 Å². The summed E-state index contributed by atoms with van der Waals surface area (Å²) >= 11 is 6.62. The number of nitrogens with two attached hydrogens (primary N) is 1. The monoisotopic (exact) mass is 429 g/mol. The molecular weight excluding hydrogens is 410 g/mol. The van der Waals surface area contributed by atoms with Gasteiger partial charge in [0.25, 0.3) is 0 Å². The smallest absolute Gasteiger partial charge is 0.161 e. The average Bonchev–Trinajstić information content (AvgIpc) is 2.78. The molecule has 0 radical (unpaired) electrons. The number of allylic oxidation sites excluding steroid dienone is 2. The lowest BCUT2D eigenvalue weighted by Crippen LogP contribution is -2.54. The highest BCUT2D eigenvalue weighted by Crippen LogP contribution is 2.48. The van der Waals surface area contributed by atoms with Crippen LogP contribution in [0.2, 0.25) is 5.15 Å². The number of ketones is 1. The Morgan fingerprint density at radius 3 is 2.81 bits per heavy atom. The molecule has 154 valence electrons. The van der Waals surface area contributed by atoms with E-state index in [0.29, 0.717) is 29.1 Å².